The molecule has 0 fully saturated rings. The third-order valence-corrected chi connectivity index (χ3v) is 3.19. The monoisotopic (exact) mass is 285 g/mol. The van der Waals surface area contributed by atoms with Gasteiger partial charge in [-0.3, -0.25) is 4.79 Å². The first-order valence-corrected chi connectivity index (χ1v) is 6.18. The van der Waals surface area contributed by atoms with Crippen molar-refractivity contribution in [2.75, 3.05) is 6.54 Å². The van der Waals surface area contributed by atoms with E-state index in [1.165, 1.54) is 26.0 Å². The van der Waals surface area contributed by atoms with Gasteiger partial charge >= 0.3 is 5.97 Å². The maximum absolute atomic E-state index is 13.5. The van der Waals surface area contributed by atoms with Gasteiger partial charge in [0.2, 0.25) is 5.91 Å². The van der Waals surface area contributed by atoms with Crippen molar-refractivity contribution < 1.29 is 23.5 Å². The number of halogens is 2. The second-order valence-electron chi connectivity index (χ2n) is 4.89. The topological polar surface area (TPSA) is 57.6 Å². The summed E-state index contributed by atoms with van der Waals surface area (Å²) in [6.45, 7) is 4.57. The average molecular weight is 285 g/mol. The molecular formula is C14H17F2NO3. The summed E-state index contributed by atoms with van der Waals surface area (Å²) in [7, 11) is 0. The van der Waals surface area contributed by atoms with Gasteiger partial charge in [0.05, 0.1) is 6.42 Å². The van der Waals surface area contributed by atoms with Gasteiger partial charge in [0.25, 0.3) is 0 Å². The highest BCUT2D eigenvalue weighted by atomic mass is 19.2. The maximum atomic E-state index is 13.5. The number of carboxylic acids is 1. The number of nitrogens with zero attached hydrogens (tertiary/aromatic N) is 1. The number of aliphatic carboxylic acids is 1. The van der Waals surface area contributed by atoms with E-state index in [4.69, 9.17) is 5.11 Å². The number of hydrogen-bond acceptors (Lipinski definition) is 2. The number of benzene rings is 1. The van der Waals surface area contributed by atoms with Crippen LogP contribution in [0.1, 0.15) is 26.3 Å². The van der Waals surface area contributed by atoms with E-state index in [0.717, 1.165) is 11.0 Å². The van der Waals surface area contributed by atoms with Crippen molar-refractivity contribution in [3.8, 4) is 0 Å². The zero-order chi connectivity index (χ0) is 15.5. The number of carboxylic acid groups (broad SMARTS) is 1. The van der Waals surface area contributed by atoms with E-state index in [1.54, 1.807) is 6.92 Å². The molecule has 6 heteroatoms. The summed E-state index contributed by atoms with van der Waals surface area (Å²) in [4.78, 5) is 24.4. The smallest absolute Gasteiger partial charge is 0.329 e. The summed E-state index contributed by atoms with van der Waals surface area (Å²) < 4.78 is 26.6. The summed E-state index contributed by atoms with van der Waals surface area (Å²) in [5.74, 6) is -3.84. The fourth-order valence-corrected chi connectivity index (χ4v) is 1.94. The van der Waals surface area contributed by atoms with Gasteiger partial charge in [-0.2, -0.15) is 0 Å². The lowest BCUT2D eigenvalue weighted by molar-refractivity contribution is -0.156. The number of likely N-dealkylation sites (N-methyl/N-ethyl adjacent to an activating group) is 1. The third-order valence-electron chi connectivity index (χ3n) is 3.19. The summed E-state index contributed by atoms with van der Waals surface area (Å²) in [5.41, 5.74) is -1.50. The van der Waals surface area contributed by atoms with E-state index in [0.29, 0.717) is 0 Å². The lowest BCUT2D eigenvalue weighted by Gasteiger charge is -2.34. The highest BCUT2D eigenvalue weighted by molar-refractivity contribution is 5.87. The van der Waals surface area contributed by atoms with Crippen LogP contribution < -0.4 is 0 Å². The normalized spacial score (nSPS) is 11.2. The van der Waals surface area contributed by atoms with Crippen molar-refractivity contribution in [1.82, 2.24) is 4.90 Å². The molecule has 0 atom stereocenters. The van der Waals surface area contributed by atoms with Crippen LogP contribution in [0, 0.1) is 11.6 Å². The van der Waals surface area contributed by atoms with Gasteiger partial charge in [-0.25, -0.2) is 13.6 Å². The van der Waals surface area contributed by atoms with Crippen LogP contribution in [0.5, 0.6) is 0 Å². The van der Waals surface area contributed by atoms with Crippen molar-refractivity contribution in [3.63, 3.8) is 0 Å². The first-order chi connectivity index (χ1) is 9.21. The molecule has 0 saturated carbocycles. The second kappa shape index (κ2) is 5.98. The van der Waals surface area contributed by atoms with Gasteiger partial charge in [-0.1, -0.05) is 12.1 Å². The molecule has 1 aromatic rings. The molecule has 0 radical (unpaired) electrons. The molecule has 1 amide bonds. The predicted octanol–water partition coefficient (Wildman–Crippen LogP) is 2.22. The number of rotatable bonds is 5. The molecule has 0 heterocycles. The molecule has 0 bridgehead atoms. The van der Waals surface area contributed by atoms with Crippen molar-refractivity contribution in [1.29, 1.82) is 0 Å². The first-order valence-electron chi connectivity index (χ1n) is 6.18. The second-order valence-corrected chi connectivity index (χ2v) is 4.89. The minimum absolute atomic E-state index is 0.0883. The van der Waals surface area contributed by atoms with E-state index >= 15 is 0 Å². The van der Waals surface area contributed by atoms with Crippen LogP contribution in [0.2, 0.25) is 0 Å². The van der Waals surface area contributed by atoms with Crippen LogP contribution in [0.25, 0.3) is 0 Å². The molecule has 0 unspecified atom stereocenters. The number of amides is 1. The SMILES string of the molecule is CCN(C(=O)Cc1cccc(F)c1F)C(C)(C)C(=O)O. The van der Waals surface area contributed by atoms with E-state index in [-0.39, 0.29) is 18.5 Å². The minimum atomic E-state index is -1.41. The van der Waals surface area contributed by atoms with Crippen molar-refractivity contribution in [3.05, 3.63) is 35.4 Å². The molecule has 0 aliphatic carbocycles. The molecule has 4 nitrogen and oxygen atoms in total. The Morgan fingerprint density at radius 1 is 1.30 bits per heavy atom. The molecule has 1 aromatic carbocycles. The van der Waals surface area contributed by atoms with Crippen LogP contribution in [0.3, 0.4) is 0 Å². The minimum Gasteiger partial charge on any atom is -0.480 e. The van der Waals surface area contributed by atoms with Gasteiger partial charge in [0.15, 0.2) is 11.6 Å². The van der Waals surface area contributed by atoms with Crippen molar-refractivity contribution >= 4 is 11.9 Å². The Balaban J connectivity index is 3.00. The van der Waals surface area contributed by atoms with Crippen LogP contribution in [-0.4, -0.2) is 34.0 Å². The van der Waals surface area contributed by atoms with Crippen LogP contribution >= 0.6 is 0 Å². The summed E-state index contributed by atoms with van der Waals surface area (Å²) in [5, 5.41) is 9.13. The van der Waals surface area contributed by atoms with Crippen LogP contribution in [0.15, 0.2) is 18.2 Å². The van der Waals surface area contributed by atoms with Gasteiger partial charge in [0.1, 0.15) is 5.54 Å². The molecule has 0 aliphatic heterocycles. The Hall–Kier alpha value is -1.98. The number of hydrogen-bond donors (Lipinski definition) is 1. The van der Waals surface area contributed by atoms with Gasteiger partial charge in [-0.15, -0.1) is 0 Å². The van der Waals surface area contributed by atoms with Crippen LogP contribution in [0.4, 0.5) is 8.78 Å². The van der Waals surface area contributed by atoms with Crippen molar-refractivity contribution in [2.24, 2.45) is 0 Å². The molecular weight excluding hydrogens is 268 g/mol. The van der Waals surface area contributed by atoms with Gasteiger partial charge < -0.3 is 10.0 Å². The summed E-state index contributed by atoms with van der Waals surface area (Å²) in [6, 6.07) is 3.57. The standard InChI is InChI=1S/C14H17F2NO3/c1-4-17(14(2,3)13(19)20)11(18)8-9-6-5-7-10(15)12(9)16/h5-7H,4,8H2,1-3H3,(H,19,20). The van der Waals surface area contributed by atoms with E-state index < -0.39 is 29.0 Å². The molecule has 1 rings (SSSR count). The average Bonchev–Trinajstić information content (AvgIpc) is 2.35. The zero-order valence-electron chi connectivity index (χ0n) is 11.6. The molecule has 0 aromatic heterocycles. The largest absolute Gasteiger partial charge is 0.480 e. The quantitative estimate of drug-likeness (QED) is 0.902. The predicted molar refractivity (Wildman–Crippen MR) is 69.2 cm³/mol. The lowest BCUT2D eigenvalue weighted by atomic mass is 10.0. The highest BCUT2D eigenvalue weighted by Gasteiger charge is 2.36. The fourth-order valence-electron chi connectivity index (χ4n) is 1.94. The maximum Gasteiger partial charge on any atom is 0.329 e. The molecule has 0 aliphatic rings. The van der Waals surface area contributed by atoms with Crippen molar-refractivity contribution in [2.45, 2.75) is 32.7 Å². The Kier molecular flexibility index (Phi) is 4.81. The highest BCUT2D eigenvalue weighted by Crippen LogP contribution is 2.18. The van der Waals surface area contributed by atoms with Crippen LogP contribution in [-0.2, 0) is 16.0 Å². The fraction of sp³-hybridized carbons (Fsp3) is 0.429. The Bertz CT molecular complexity index is 529. The molecule has 0 saturated heterocycles. The van der Waals surface area contributed by atoms with E-state index in [1.807, 2.05) is 0 Å². The van der Waals surface area contributed by atoms with E-state index in [2.05, 4.69) is 0 Å². The summed E-state index contributed by atoms with van der Waals surface area (Å²) in [6.07, 6.45) is -0.381. The number of carbonyl (C=O) groups excluding carboxylic acids is 1. The Labute approximate surface area is 116 Å². The molecule has 1 N–H and O–H groups in total. The Morgan fingerprint density at radius 3 is 2.40 bits per heavy atom. The molecule has 110 valence electrons. The third kappa shape index (κ3) is 3.12. The summed E-state index contributed by atoms with van der Waals surface area (Å²) >= 11 is 0. The Morgan fingerprint density at radius 2 is 1.90 bits per heavy atom. The lowest BCUT2D eigenvalue weighted by Crippen LogP contribution is -2.53. The zero-order valence-corrected chi connectivity index (χ0v) is 11.6. The number of carbonyl (C=O) groups is 2. The molecule has 20 heavy (non-hydrogen) atoms. The first kappa shape index (κ1) is 16.1. The van der Waals surface area contributed by atoms with Gasteiger partial charge in [-0.05, 0) is 26.8 Å². The van der Waals surface area contributed by atoms with E-state index in [9.17, 15) is 18.4 Å². The van der Waals surface area contributed by atoms with Gasteiger partial charge in [0, 0.05) is 12.1 Å². The molecule has 0 spiro atoms.